The van der Waals surface area contributed by atoms with E-state index >= 15 is 0 Å². The predicted octanol–water partition coefficient (Wildman–Crippen LogP) is 0.957. The van der Waals surface area contributed by atoms with Crippen LogP contribution < -0.4 is 15.0 Å². The predicted molar refractivity (Wildman–Crippen MR) is 94.5 cm³/mol. The first kappa shape index (κ1) is 16.6. The first-order valence-electron chi connectivity index (χ1n) is 8.80. The molecule has 2 aliphatic heterocycles. The fourth-order valence-corrected chi connectivity index (χ4v) is 3.73. The Balaban J connectivity index is 1.49. The maximum atomic E-state index is 13.0. The van der Waals surface area contributed by atoms with Crippen LogP contribution >= 0.6 is 0 Å². The van der Waals surface area contributed by atoms with Crippen LogP contribution in [-0.4, -0.2) is 47.6 Å². The fraction of sp³-hybridized carbons (Fsp3) is 0.421. The summed E-state index contributed by atoms with van der Waals surface area (Å²) in [7, 11) is 1.61. The molecule has 0 bridgehead atoms. The number of nitrogens with zero attached hydrogens (tertiary/aromatic N) is 2. The molecule has 1 aromatic heterocycles. The van der Waals surface area contributed by atoms with Gasteiger partial charge in [0.25, 0.3) is 5.56 Å². The number of carbonyl (C=O) groups is 1. The molecule has 2 aliphatic rings. The number of rotatable bonds is 2. The Labute approximate surface area is 151 Å². The average molecular weight is 355 g/mol. The minimum atomic E-state index is -0.220. The van der Waals surface area contributed by atoms with Gasteiger partial charge in [0.05, 0.1) is 25.0 Å². The van der Waals surface area contributed by atoms with Gasteiger partial charge in [-0.15, -0.1) is 0 Å². The number of carbonyl (C=O) groups excluding carboxylic acids is 1. The molecular weight excluding hydrogens is 334 g/mol. The summed E-state index contributed by atoms with van der Waals surface area (Å²) in [6, 6.07) is 5.74. The molecule has 26 heavy (non-hydrogen) atoms. The molecule has 0 radical (unpaired) electrons. The number of ether oxygens (including phenoxy) is 2. The maximum Gasteiger partial charge on any atom is 0.254 e. The summed E-state index contributed by atoms with van der Waals surface area (Å²) in [5, 5.41) is 0. The van der Waals surface area contributed by atoms with Crippen LogP contribution in [0.5, 0.6) is 11.5 Å². The number of benzene rings is 1. The van der Waals surface area contributed by atoms with Crippen molar-refractivity contribution in [2.24, 2.45) is 5.92 Å². The van der Waals surface area contributed by atoms with Gasteiger partial charge in [-0.25, -0.2) is 4.98 Å². The smallest absolute Gasteiger partial charge is 0.254 e. The number of para-hydroxylation sites is 1. The molecule has 0 spiro atoms. The molecule has 3 heterocycles. The van der Waals surface area contributed by atoms with E-state index in [4.69, 9.17) is 9.47 Å². The van der Waals surface area contributed by atoms with Crippen molar-refractivity contribution in [3.63, 3.8) is 0 Å². The number of amides is 1. The van der Waals surface area contributed by atoms with E-state index in [2.05, 4.69) is 9.97 Å². The molecule has 1 unspecified atom stereocenters. The number of fused-ring (bicyclic) bond motifs is 2. The summed E-state index contributed by atoms with van der Waals surface area (Å²) in [5.41, 5.74) is 2.37. The van der Waals surface area contributed by atoms with Crippen LogP contribution in [0.25, 0.3) is 0 Å². The maximum absolute atomic E-state index is 13.0. The quantitative estimate of drug-likeness (QED) is 0.867. The van der Waals surface area contributed by atoms with Crippen LogP contribution in [0.1, 0.15) is 16.8 Å². The summed E-state index contributed by atoms with van der Waals surface area (Å²) < 4.78 is 11.2. The third kappa shape index (κ3) is 2.94. The number of methoxy groups -OCH3 is 1. The van der Waals surface area contributed by atoms with Crippen LogP contribution in [0.3, 0.4) is 0 Å². The van der Waals surface area contributed by atoms with Gasteiger partial charge in [-0.3, -0.25) is 9.59 Å². The molecule has 4 rings (SSSR count). The highest BCUT2D eigenvalue weighted by Crippen LogP contribution is 2.36. The van der Waals surface area contributed by atoms with E-state index in [9.17, 15) is 9.59 Å². The van der Waals surface area contributed by atoms with Crippen LogP contribution in [0, 0.1) is 5.92 Å². The Hall–Kier alpha value is -2.83. The van der Waals surface area contributed by atoms with Gasteiger partial charge in [0.2, 0.25) is 5.91 Å². The van der Waals surface area contributed by atoms with Crippen LogP contribution in [0.2, 0.25) is 0 Å². The van der Waals surface area contributed by atoms with Crippen molar-refractivity contribution in [3.05, 3.63) is 51.7 Å². The number of aromatic amines is 1. The van der Waals surface area contributed by atoms with Gasteiger partial charge in [0.1, 0.15) is 6.61 Å². The first-order valence-corrected chi connectivity index (χ1v) is 8.80. The number of hydrogen-bond acceptors (Lipinski definition) is 5. The fourth-order valence-electron chi connectivity index (χ4n) is 3.73. The molecule has 1 aromatic carbocycles. The summed E-state index contributed by atoms with van der Waals surface area (Å²) >= 11 is 0. The summed E-state index contributed by atoms with van der Waals surface area (Å²) in [6.45, 7) is 1.44. The van der Waals surface area contributed by atoms with E-state index in [1.54, 1.807) is 7.11 Å². The largest absolute Gasteiger partial charge is 0.493 e. The zero-order valence-electron chi connectivity index (χ0n) is 14.7. The molecule has 0 fully saturated rings. The monoisotopic (exact) mass is 355 g/mol. The number of hydrogen-bond donors (Lipinski definition) is 1. The van der Waals surface area contributed by atoms with Crippen molar-refractivity contribution in [1.82, 2.24) is 14.9 Å². The first-order chi connectivity index (χ1) is 12.7. The third-order valence-corrected chi connectivity index (χ3v) is 5.13. The molecule has 1 N–H and O–H groups in total. The summed E-state index contributed by atoms with van der Waals surface area (Å²) in [6.07, 6.45) is 3.19. The molecule has 136 valence electrons. The second-order valence-corrected chi connectivity index (χ2v) is 6.64. The van der Waals surface area contributed by atoms with E-state index < -0.39 is 0 Å². The molecule has 7 nitrogen and oxygen atoms in total. The number of aromatic nitrogens is 2. The van der Waals surface area contributed by atoms with Gasteiger partial charge >= 0.3 is 0 Å². The second kappa shape index (κ2) is 6.82. The van der Waals surface area contributed by atoms with Crippen molar-refractivity contribution in [3.8, 4) is 11.5 Å². The highest BCUT2D eigenvalue weighted by molar-refractivity contribution is 5.80. The van der Waals surface area contributed by atoms with Crippen molar-refractivity contribution >= 4 is 5.91 Å². The Morgan fingerprint density at radius 1 is 1.35 bits per heavy atom. The van der Waals surface area contributed by atoms with Gasteiger partial charge in [-0.2, -0.15) is 0 Å². The van der Waals surface area contributed by atoms with Gasteiger partial charge < -0.3 is 19.4 Å². The van der Waals surface area contributed by atoms with E-state index in [0.717, 1.165) is 17.0 Å². The van der Waals surface area contributed by atoms with E-state index in [1.807, 2.05) is 23.1 Å². The van der Waals surface area contributed by atoms with Gasteiger partial charge in [-0.1, -0.05) is 12.1 Å². The third-order valence-electron chi connectivity index (χ3n) is 5.13. The highest BCUT2D eigenvalue weighted by atomic mass is 16.5. The van der Waals surface area contributed by atoms with Crippen molar-refractivity contribution < 1.29 is 14.3 Å². The molecule has 2 aromatic rings. The Morgan fingerprint density at radius 2 is 2.19 bits per heavy atom. The summed E-state index contributed by atoms with van der Waals surface area (Å²) in [5.74, 6) is 1.28. The molecule has 1 amide bonds. The minimum Gasteiger partial charge on any atom is -0.493 e. The van der Waals surface area contributed by atoms with E-state index in [0.29, 0.717) is 50.3 Å². The topological polar surface area (TPSA) is 84.5 Å². The molecule has 7 heteroatoms. The highest BCUT2D eigenvalue weighted by Gasteiger charge is 2.32. The Kier molecular flexibility index (Phi) is 4.36. The van der Waals surface area contributed by atoms with E-state index in [-0.39, 0.29) is 17.4 Å². The second-order valence-electron chi connectivity index (χ2n) is 6.64. The van der Waals surface area contributed by atoms with Crippen molar-refractivity contribution in [1.29, 1.82) is 0 Å². The van der Waals surface area contributed by atoms with Gasteiger partial charge in [0, 0.05) is 25.1 Å². The van der Waals surface area contributed by atoms with E-state index in [1.165, 1.54) is 6.33 Å². The van der Waals surface area contributed by atoms with Crippen molar-refractivity contribution in [2.75, 3.05) is 26.8 Å². The molecule has 0 aliphatic carbocycles. The van der Waals surface area contributed by atoms with Crippen molar-refractivity contribution in [2.45, 2.75) is 19.3 Å². The lowest BCUT2D eigenvalue weighted by atomic mass is 9.95. The van der Waals surface area contributed by atoms with Crippen LogP contribution in [0.4, 0.5) is 0 Å². The van der Waals surface area contributed by atoms with Gasteiger partial charge in [-0.05, 0) is 24.5 Å². The van der Waals surface area contributed by atoms with Gasteiger partial charge in [0.15, 0.2) is 11.5 Å². The lowest BCUT2D eigenvalue weighted by molar-refractivity contribution is -0.136. The minimum absolute atomic E-state index is 0.0719. The molecule has 0 saturated heterocycles. The SMILES string of the molecule is COc1cccc2c1OCC(C(=O)N1CCc3nc[nH]c(=O)c3CC1)C2. The standard InChI is InChI=1S/C19H21N3O4/c1-25-16-4-2-3-12-9-13(10-26-17(12)16)19(24)22-7-5-14-15(6-8-22)20-11-21-18(14)23/h2-4,11,13H,5-10H2,1H3,(H,20,21,23). The Bertz CT molecular complexity index is 893. The molecular formula is C19H21N3O4. The lowest BCUT2D eigenvalue weighted by Crippen LogP contribution is -2.42. The zero-order chi connectivity index (χ0) is 18.1. The lowest BCUT2D eigenvalue weighted by Gasteiger charge is -2.30. The van der Waals surface area contributed by atoms with Crippen LogP contribution in [-0.2, 0) is 24.1 Å². The van der Waals surface area contributed by atoms with Crippen LogP contribution in [0.15, 0.2) is 29.3 Å². The average Bonchev–Trinajstić information content (AvgIpc) is 2.90. The Morgan fingerprint density at radius 3 is 3.04 bits per heavy atom. The molecule has 1 atom stereocenters. The summed E-state index contributed by atoms with van der Waals surface area (Å²) in [4.78, 5) is 33.7. The zero-order valence-corrected chi connectivity index (χ0v) is 14.7. The number of H-pyrrole nitrogens is 1. The number of nitrogens with one attached hydrogen (secondary N) is 1. The molecule has 0 saturated carbocycles. The normalized spacial score (nSPS) is 19.0.